The standard InChI is InChI=1S/C53H53N3O2.Pt/c1-31-21-47(55-28-32(31)2)56-43-17-13-11-15-36(43)37-20-19-35(24-44(37)56)57-46-23-33(22-39-38-16-12-14-18-45(38)58-48(39)46)42-25-40-41(29-54-42)53(9,10)49(52(40,7)8)34-26-50(3,4)30-51(5,6)27-34;/h11-22,25,28-29,34,49H,26-27,30H2,1-10H3;/q-2;+2. The molecule has 1 fully saturated rings. The van der Waals surface area contributed by atoms with E-state index in [0.29, 0.717) is 39.7 Å². The van der Waals surface area contributed by atoms with Crippen molar-refractivity contribution >= 4 is 43.7 Å². The van der Waals surface area contributed by atoms with Crippen molar-refractivity contribution < 1.29 is 30.2 Å². The van der Waals surface area contributed by atoms with Crippen molar-refractivity contribution in [3.8, 4) is 28.6 Å². The minimum absolute atomic E-state index is 0. The van der Waals surface area contributed by atoms with Crippen LogP contribution in [0.25, 0.3) is 60.8 Å². The monoisotopic (exact) mass is 958 g/mol. The number of aromatic nitrogens is 3. The molecule has 0 bridgehead atoms. The molecule has 10 rings (SSSR count). The van der Waals surface area contributed by atoms with Crippen molar-refractivity contribution in [1.82, 2.24) is 14.5 Å². The number of rotatable bonds is 5. The SMILES string of the molecule is Cc1cnc(-n2c3[c-]c(Oc4[c-]c(-c5cc6c(cn5)C(C)(C)C(C5CC(C)(C)CC(C)(C)C5)C6(C)C)cc5c4oc4ccccc45)ccc3c3ccccc32)cc1C.[Pt+2]. The van der Waals surface area contributed by atoms with E-state index in [0.717, 1.165) is 60.8 Å². The van der Waals surface area contributed by atoms with Crippen LogP contribution in [0.5, 0.6) is 11.5 Å². The second kappa shape index (κ2) is 13.6. The summed E-state index contributed by atoms with van der Waals surface area (Å²) in [6, 6.07) is 34.7. The Morgan fingerprint density at radius 3 is 2.14 bits per heavy atom. The molecular formula is C53H53N3O2Pt. The normalized spacial score (nSPS) is 19.3. The Morgan fingerprint density at radius 2 is 1.39 bits per heavy atom. The van der Waals surface area contributed by atoms with Gasteiger partial charge < -0.3 is 18.7 Å². The summed E-state index contributed by atoms with van der Waals surface area (Å²) < 4.78 is 15.6. The number of hydrogen-bond acceptors (Lipinski definition) is 4. The van der Waals surface area contributed by atoms with E-state index in [4.69, 9.17) is 19.1 Å². The van der Waals surface area contributed by atoms with Crippen LogP contribution in [0.2, 0.25) is 0 Å². The van der Waals surface area contributed by atoms with E-state index in [9.17, 15) is 0 Å². The molecule has 302 valence electrons. The number of hydrogen-bond donors (Lipinski definition) is 0. The maximum atomic E-state index is 6.86. The molecular weight excluding hydrogens is 906 g/mol. The van der Waals surface area contributed by atoms with E-state index in [1.807, 2.05) is 24.4 Å². The summed E-state index contributed by atoms with van der Waals surface area (Å²) >= 11 is 0. The average Bonchev–Trinajstić information content (AvgIpc) is 3.75. The molecule has 4 aromatic heterocycles. The summed E-state index contributed by atoms with van der Waals surface area (Å²) in [6.07, 6.45) is 7.89. The molecule has 4 aromatic carbocycles. The average molecular weight is 959 g/mol. The van der Waals surface area contributed by atoms with E-state index < -0.39 is 0 Å². The molecule has 0 N–H and O–H groups in total. The third-order valence-electron chi connectivity index (χ3n) is 13.9. The molecule has 0 amide bonds. The number of nitrogens with zero attached hydrogens (tertiary/aromatic N) is 3. The molecule has 0 radical (unpaired) electrons. The quantitative estimate of drug-likeness (QED) is 0.161. The van der Waals surface area contributed by atoms with Crippen LogP contribution in [0.3, 0.4) is 0 Å². The molecule has 1 unspecified atom stereocenters. The van der Waals surface area contributed by atoms with Gasteiger partial charge in [0.1, 0.15) is 11.4 Å². The molecule has 4 heterocycles. The Kier molecular flexibility index (Phi) is 9.19. The van der Waals surface area contributed by atoms with Gasteiger partial charge in [0.2, 0.25) is 0 Å². The van der Waals surface area contributed by atoms with Gasteiger partial charge in [-0.25, -0.2) is 4.98 Å². The summed E-state index contributed by atoms with van der Waals surface area (Å²) in [7, 11) is 0. The molecule has 5 nitrogen and oxygen atoms in total. The van der Waals surface area contributed by atoms with E-state index in [-0.39, 0.29) is 31.9 Å². The van der Waals surface area contributed by atoms with Gasteiger partial charge >= 0.3 is 21.1 Å². The first-order valence-corrected chi connectivity index (χ1v) is 21.0. The smallest absolute Gasteiger partial charge is 0.499 e. The molecule has 2 aliphatic carbocycles. The maximum absolute atomic E-state index is 6.86. The predicted molar refractivity (Wildman–Crippen MR) is 237 cm³/mol. The number of fused-ring (bicyclic) bond motifs is 7. The Labute approximate surface area is 362 Å². The van der Waals surface area contributed by atoms with Crippen molar-refractivity contribution in [2.75, 3.05) is 0 Å². The summed E-state index contributed by atoms with van der Waals surface area (Å²) in [5.74, 6) is 3.05. The minimum atomic E-state index is -0.0376. The van der Waals surface area contributed by atoms with Gasteiger partial charge in [0.25, 0.3) is 0 Å². The fraction of sp³-hybridized carbons (Fsp3) is 0.358. The van der Waals surface area contributed by atoms with Gasteiger partial charge in [-0.1, -0.05) is 115 Å². The third kappa shape index (κ3) is 6.37. The van der Waals surface area contributed by atoms with Crippen LogP contribution in [0.4, 0.5) is 0 Å². The fourth-order valence-electron chi connectivity index (χ4n) is 12.2. The first-order valence-electron chi connectivity index (χ1n) is 21.0. The Hall–Kier alpha value is -4.73. The Bertz CT molecular complexity index is 2950. The van der Waals surface area contributed by atoms with Gasteiger partial charge in [0.15, 0.2) is 0 Å². The second-order valence-corrected chi connectivity index (χ2v) is 20.2. The molecule has 59 heavy (non-hydrogen) atoms. The largest absolute Gasteiger partial charge is 2.00 e. The van der Waals surface area contributed by atoms with E-state index in [1.165, 1.54) is 36.0 Å². The van der Waals surface area contributed by atoms with Crippen molar-refractivity contribution in [3.63, 3.8) is 0 Å². The number of benzene rings is 4. The van der Waals surface area contributed by atoms with Crippen LogP contribution in [0, 0.1) is 48.6 Å². The van der Waals surface area contributed by atoms with Crippen molar-refractivity contribution in [3.05, 3.63) is 126 Å². The zero-order valence-electron chi connectivity index (χ0n) is 35.9. The van der Waals surface area contributed by atoms with Gasteiger partial charge in [0, 0.05) is 29.0 Å². The van der Waals surface area contributed by atoms with Crippen LogP contribution in [0.15, 0.2) is 95.7 Å². The van der Waals surface area contributed by atoms with Crippen LogP contribution in [0.1, 0.15) is 96.9 Å². The number of para-hydroxylation sites is 2. The summed E-state index contributed by atoms with van der Waals surface area (Å²) in [5, 5.41) is 4.23. The van der Waals surface area contributed by atoms with Gasteiger partial charge in [-0.15, -0.1) is 29.1 Å². The van der Waals surface area contributed by atoms with Gasteiger partial charge in [-0.05, 0) is 118 Å². The predicted octanol–water partition coefficient (Wildman–Crippen LogP) is 14.2. The summed E-state index contributed by atoms with van der Waals surface area (Å²) in [5.41, 5.74) is 10.9. The van der Waals surface area contributed by atoms with Crippen molar-refractivity contribution in [2.45, 2.75) is 99.3 Å². The molecule has 1 saturated carbocycles. The zero-order valence-corrected chi connectivity index (χ0v) is 38.2. The summed E-state index contributed by atoms with van der Waals surface area (Å²) in [6.45, 7) is 24.0. The number of furan rings is 1. The third-order valence-corrected chi connectivity index (χ3v) is 13.9. The molecule has 6 heteroatoms. The van der Waals surface area contributed by atoms with Gasteiger partial charge in [0.05, 0.1) is 11.3 Å². The molecule has 0 aliphatic heterocycles. The number of pyridine rings is 2. The van der Waals surface area contributed by atoms with Crippen molar-refractivity contribution in [2.24, 2.45) is 22.7 Å². The Morgan fingerprint density at radius 1 is 0.695 bits per heavy atom. The molecule has 2 aliphatic rings. The fourth-order valence-corrected chi connectivity index (χ4v) is 12.2. The maximum Gasteiger partial charge on any atom is 2.00 e. The molecule has 8 aromatic rings. The van der Waals surface area contributed by atoms with Crippen LogP contribution >= 0.6 is 0 Å². The van der Waals surface area contributed by atoms with Crippen LogP contribution in [-0.4, -0.2) is 14.5 Å². The van der Waals surface area contributed by atoms with Crippen molar-refractivity contribution in [1.29, 1.82) is 0 Å². The molecule has 0 spiro atoms. The summed E-state index contributed by atoms with van der Waals surface area (Å²) in [4.78, 5) is 10.1. The van der Waals surface area contributed by atoms with E-state index in [2.05, 4.69) is 153 Å². The minimum Gasteiger partial charge on any atom is -0.499 e. The van der Waals surface area contributed by atoms with Gasteiger partial charge in [-0.2, -0.15) is 6.07 Å². The zero-order chi connectivity index (χ0) is 40.5. The molecule has 0 saturated heterocycles. The van der Waals surface area contributed by atoms with Crippen LogP contribution in [-0.2, 0) is 31.9 Å². The molecule has 1 atom stereocenters. The first kappa shape index (κ1) is 39.7. The topological polar surface area (TPSA) is 53.1 Å². The second-order valence-electron chi connectivity index (χ2n) is 20.2. The first-order chi connectivity index (χ1) is 27.5. The number of aryl methyl sites for hydroxylation is 2. The number of ether oxygens (including phenoxy) is 1. The Balaban J connectivity index is 0.00000449. The van der Waals surface area contributed by atoms with E-state index in [1.54, 1.807) is 0 Å². The van der Waals surface area contributed by atoms with Gasteiger partial charge in [-0.3, -0.25) is 0 Å². The van der Waals surface area contributed by atoms with E-state index >= 15 is 0 Å². The van der Waals surface area contributed by atoms with Crippen LogP contribution < -0.4 is 4.74 Å².